The Kier molecular flexibility index (Phi) is 6.49. The minimum atomic E-state index is -0.302. The maximum Gasteiger partial charge on any atom is 0.238 e. The second-order valence-corrected chi connectivity index (χ2v) is 6.73. The first kappa shape index (κ1) is 17.1. The van der Waals surface area contributed by atoms with Crippen LogP contribution in [-0.2, 0) is 4.79 Å². The largest absolute Gasteiger partial charge is 0.393 e. The standard InChI is InChI=1S/C17H24N2O2S/c1-3-10-22-16-7-5-4-6-15(16)18-17(21)12-19-9-8-14(11-19)13(2)20/h3-7,13-14,20H,1,8-12H2,2H3,(H,18,21). The Morgan fingerprint density at radius 3 is 3.05 bits per heavy atom. The Hall–Kier alpha value is -1.30. The molecule has 2 rings (SSSR count). The summed E-state index contributed by atoms with van der Waals surface area (Å²) in [5.41, 5.74) is 0.852. The fraction of sp³-hybridized carbons (Fsp3) is 0.471. The number of anilines is 1. The van der Waals surface area contributed by atoms with Gasteiger partial charge in [-0.2, -0.15) is 0 Å². The third-order valence-corrected chi connectivity index (χ3v) is 4.95. The third-order valence-electron chi connectivity index (χ3n) is 3.88. The summed E-state index contributed by atoms with van der Waals surface area (Å²) in [6.07, 6.45) is 2.50. The van der Waals surface area contributed by atoms with E-state index in [9.17, 15) is 9.90 Å². The van der Waals surface area contributed by atoms with E-state index >= 15 is 0 Å². The van der Waals surface area contributed by atoms with Gasteiger partial charge in [0, 0.05) is 17.2 Å². The first-order valence-corrected chi connectivity index (χ1v) is 8.61. The summed E-state index contributed by atoms with van der Waals surface area (Å²) in [6, 6.07) is 7.82. The molecule has 1 heterocycles. The van der Waals surface area contributed by atoms with Crippen LogP contribution in [0, 0.1) is 5.92 Å². The molecule has 5 heteroatoms. The van der Waals surface area contributed by atoms with Gasteiger partial charge in [-0.15, -0.1) is 18.3 Å². The van der Waals surface area contributed by atoms with Crippen LogP contribution in [0.3, 0.4) is 0 Å². The van der Waals surface area contributed by atoms with Gasteiger partial charge < -0.3 is 10.4 Å². The summed E-state index contributed by atoms with van der Waals surface area (Å²) in [4.78, 5) is 15.4. The molecular weight excluding hydrogens is 296 g/mol. The summed E-state index contributed by atoms with van der Waals surface area (Å²) in [5.74, 6) is 1.09. The van der Waals surface area contributed by atoms with Gasteiger partial charge >= 0.3 is 0 Å². The van der Waals surface area contributed by atoms with E-state index in [-0.39, 0.29) is 17.9 Å². The summed E-state index contributed by atoms with van der Waals surface area (Å²) in [6.45, 7) is 7.58. The molecule has 1 aliphatic rings. The van der Waals surface area contributed by atoms with E-state index < -0.39 is 0 Å². The highest BCUT2D eigenvalue weighted by atomic mass is 32.2. The molecule has 1 amide bonds. The van der Waals surface area contributed by atoms with E-state index in [4.69, 9.17) is 0 Å². The molecule has 120 valence electrons. The molecule has 1 aliphatic heterocycles. The van der Waals surface area contributed by atoms with Crippen molar-refractivity contribution in [2.75, 3.05) is 30.7 Å². The van der Waals surface area contributed by atoms with E-state index in [2.05, 4.69) is 16.8 Å². The quantitative estimate of drug-likeness (QED) is 0.599. The highest BCUT2D eigenvalue weighted by Crippen LogP contribution is 2.27. The van der Waals surface area contributed by atoms with Gasteiger partial charge in [-0.3, -0.25) is 9.69 Å². The van der Waals surface area contributed by atoms with Crippen LogP contribution >= 0.6 is 11.8 Å². The second kappa shape index (κ2) is 8.36. The molecule has 0 bridgehead atoms. The van der Waals surface area contributed by atoms with E-state index in [1.807, 2.05) is 37.3 Å². The van der Waals surface area contributed by atoms with Gasteiger partial charge in [0.1, 0.15) is 0 Å². The molecule has 0 saturated carbocycles. The lowest BCUT2D eigenvalue weighted by molar-refractivity contribution is -0.117. The fourth-order valence-electron chi connectivity index (χ4n) is 2.64. The molecule has 1 aromatic carbocycles. The third kappa shape index (κ3) is 4.87. The van der Waals surface area contributed by atoms with Crippen LogP contribution in [0.5, 0.6) is 0 Å². The number of benzene rings is 1. The SMILES string of the molecule is C=CCSc1ccccc1NC(=O)CN1CCC(C(C)O)C1. The zero-order chi connectivity index (χ0) is 15.9. The van der Waals surface area contributed by atoms with Crippen LogP contribution in [-0.4, -0.2) is 47.4 Å². The van der Waals surface area contributed by atoms with E-state index in [0.717, 1.165) is 35.8 Å². The van der Waals surface area contributed by atoms with Crippen LogP contribution < -0.4 is 5.32 Å². The number of hydrogen-bond donors (Lipinski definition) is 2. The number of nitrogens with one attached hydrogen (secondary N) is 1. The predicted molar refractivity (Wildman–Crippen MR) is 92.2 cm³/mol. The molecule has 2 N–H and O–H groups in total. The van der Waals surface area contributed by atoms with E-state index in [0.29, 0.717) is 6.54 Å². The summed E-state index contributed by atoms with van der Waals surface area (Å²) < 4.78 is 0. The summed E-state index contributed by atoms with van der Waals surface area (Å²) in [7, 11) is 0. The lowest BCUT2D eigenvalue weighted by atomic mass is 10.0. The zero-order valence-electron chi connectivity index (χ0n) is 13.0. The lowest BCUT2D eigenvalue weighted by Gasteiger charge is -2.17. The topological polar surface area (TPSA) is 52.6 Å². The van der Waals surface area contributed by atoms with Crippen LogP contribution in [0.1, 0.15) is 13.3 Å². The van der Waals surface area contributed by atoms with Crippen molar-refractivity contribution in [3.8, 4) is 0 Å². The number of carbonyl (C=O) groups excluding carboxylic acids is 1. The number of rotatable bonds is 7. The highest BCUT2D eigenvalue weighted by molar-refractivity contribution is 7.99. The number of thioether (sulfide) groups is 1. The van der Waals surface area contributed by atoms with Crippen molar-refractivity contribution in [1.82, 2.24) is 4.90 Å². The molecular formula is C17H24N2O2S. The van der Waals surface area contributed by atoms with Crippen LogP contribution in [0.25, 0.3) is 0 Å². The molecule has 1 fully saturated rings. The number of aliphatic hydroxyl groups excluding tert-OH is 1. The Balaban J connectivity index is 1.88. The zero-order valence-corrected chi connectivity index (χ0v) is 13.8. The van der Waals surface area contributed by atoms with E-state index in [1.165, 1.54) is 0 Å². The molecule has 4 nitrogen and oxygen atoms in total. The van der Waals surface area contributed by atoms with Gasteiger partial charge in [-0.25, -0.2) is 0 Å². The molecule has 0 radical (unpaired) electrons. The van der Waals surface area contributed by atoms with Crippen molar-refractivity contribution in [1.29, 1.82) is 0 Å². The first-order chi connectivity index (χ1) is 10.6. The second-order valence-electron chi connectivity index (χ2n) is 5.67. The number of carbonyl (C=O) groups is 1. The molecule has 22 heavy (non-hydrogen) atoms. The first-order valence-electron chi connectivity index (χ1n) is 7.63. The number of nitrogens with zero attached hydrogens (tertiary/aromatic N) is 1. The van der Waals surface area contributed by atoms with Crippen LogP contribution in [0.15, 0.2) is 41.8 Å². The minimum Gasteiger partial charge on any atom is -0.393 e. The summed E-state index contributed by atoms with van der Waals surface area (Å²) in [5, 5.41) is 12.6. The Morgan fingerprint density at radius 1 is 1.59 bits per heavy atom. The highest BCUT2D eigenvalue weighted by Gasteiger charge is 2.27. The number of para-hydroxylation sites is 1. The monoisotopic (exact) mass is 320 g/mol. The van der Waals surface area contributed by atoms with Crippen LogP contribution in [0.4, 0.5) is 5.69 Å². The van der Waals surface area contributed by atoms with Gasteiger partial charge in [0.05, 0.1) is 18.3 Å². The molecule has 0 spiro atoms. The van der Waals surface area contributed by atoms with Crippen molar-refractivity contribution >= 4 is 23.4 Å². The maximum atomic E-state index is 12.2. The van der Waals surface area contributed by atoms with Gasteiger partial charge in [0.25, 0.3) is 0 Å². The number of hydrogen-bond acceptors (Lipinski definition) is 4. The molecule has 1 saturated heterocycles. The molecule has 0 aromatic heterocycles. The Morgan fingerprint density at radius 2 is 2.36 bits per heavy atom. The Labute approximate surface area is 136 Å². The molecule has 2 atom stereocenters. The van der Waals surface area contributed by atoms with Gasteiger partial charge in [0.15, 0.2) is 0 Å². The maximum absolute atomic E-state index is 12.2. The van der Waals surface area contributed by atoms with Crippen molar-refractivity contribution < 1.29 is 9.90 Å². The van der Waals surface area contributed by atoms with Crippen LogP contribution in [0.2, 0.25) is 0 Å². The van der Waals surface area contributed by atoms with Gasteiger partial charge in [-0.05, 0) is 37.9 Å². The summed E-state index contributed by atoms with van der Waals surface area (Å²) >= 11 is 1.66. The number of likely N-dealkylation sites (tertiary alicyclic amines) is 1. The number of amides is 1. The lowest BCUT2D eigenvalue weighted by Crippen LogP contribution is -2.32. The van der Waals surface area contributed by atoms with E-state index in [1.54, 1.807) is 11.8 Å². The van der Waals surface area contributed by atoms with Crippen molar-refractivity contribution in [3.05, 3.63) is 36.9 Å². The molecule has 1 aromatic rings. The normalized spacial score (nSPS) is 19.8. The molecule has 2 unspecified atom stereocenters. The minimum absolute atomic E-state index is 0.00195. The van der Waals surface area contributed by atoms with Gasteiger partial charge in [-0.1, -0.05) is 18.2 Å². The average molecular weight is 320 g/mol. The number of aliphatic hydroxyl groups is 1. The van der Waals surface area contributed by atoms with Crippen molar-refractivity contribution in [3.63, 3.8) is 0 Å². The predicted octanol–water partition coefficient (Wildman–Crippen LogP) is 2.61. The Bertz CT molecular complexity index is 519. The van der Waals surface area contributed by atoms with Crippen molar-refractivity contribution in [2.45, 2.75) is 24.3 Å². The average Bonchev–Trinajstić information content (AvgIpc) is 2.95. The fourth-order valence-corrected chi connectivity index (χ4v) is 3.38. The molecule has 0 aliphatic carbocycles. The van der Waals surface area contributed by atoms with Gasteiger partial charge in [0.2, 0.25) is 5.91 Å². The smallest absolute Gasteiger partial charge is 0.238 e. The van der Waals surface area contributed by atoms with Crippen molar-refractivity contribution in [2.24, 2.45) is 5.92 Å².